The van der Waals surface area contributed by atoms with Crippen molar-refractivity contribution in [2.75, 3.05) is 7.11 Å². The number of methoxy groups -OCH3 is 1. The first-order valence-corrected chi connectivity index (χ1v) is 9.47. The number of amides is 2. The third-order valence-electron chi connectivity index (χ3n) is 4.58. The molecule has 4 rings (SSSR count). The lowest BCUT2D eigenvalue weighted by molar-refractivity contribution is -0.123. The molecule has 1 fully saturated rings. The van der Waals surface area contributed by atoms with Crippen molar-refractivity contribution in [3.05, 3.63) is 76.7 Å². The number of ether oxygens (including phenoxy) is 1. The lowest BCUT2D eigenvalue weighted by atomic mass is 10.0. The highest BCUT2D eigenvalue weighted by atomic mass is 32.2. The zero-order valence-corrected chi connectivity index (χ0v) is 15.9. The monoisotopic (exact) mass is 391 g/mol. The Labute approximate surface area is 166 Å². The topological polar surface area (TPSA) is 66.8 Å². The minimum absolute atomic E-state index is 0.0173. The van der Waals surface area contributed by atoms with Crippen LogP contribution in [0.5, 0.6) is 11.5 Å². The first-order chi connectivity index (χ1) is 13.6. The molecule has 0 saturated carbocycles. The van der Waals surface area contributed by atoms with Crippen molar-refractivity contribution in [1.29, 1.82) is 0 Å². The molecule has 6 heteroatoms. The van der Waals surface area contributed by atoms with E-state index in [-0.39, 0.29) is 23.4 Å². The van der Waals surface area contributed by atoms with Crippen molar-refractivity contribution in [3.8, 4) is 11.5 Å². The number of benzene rings is 3. The highest BCUT2D eigenvalue weighted by Crippen LogP contribution is 2.35. The number of thioether (sulfide) groups is 1. The van der Waals surface area contributed by atoms with Crippen LogP contribution in [-0.2, 0) is 11.3 Å². The van der Waals surface area contributed by atoms with E-state index in [1.54, 1.807) is 18.2 Å². The lowest BCUT2D eigenvalue weighted by Gasteiger charge is -2.14. The maximum absolute atomic E-state index is 12.8. The first-order valence-electron chi connectivity index (χ1n) is 8.66. The van der Waals surface area contributed by atoms with Crippen LogP contribution in [0.15, 0.2) is 65.6 Å². The van der Waals surface area contributed by atoms with Crippen molar-refractivity contribution < 1.29 is 19.4 Å². The van der Waals surface area contributed by atoms with Gasteiger partial charge in [0, 0.05) is 0 Å². The Morgan fingerprint density at radius 1 is 1.07 bits per heavy atom. The van der Waals surface area contributed by atoms with Crippen LogP contribution in [0.2, 0.25) is 0 Å². The molecular weight excluding hydrogens is 374 g/mol. The fourth-order valence-electron chi connectivity index (χ4n) is 3.17. The SMILES string of the molecule is COc1cc(/C=C2/SC(=O)N(Cc3cccc4ccccc34)C2=O)ccc1O. The van der Waals surface area contributed by atoms with E-state index >= 15 is 0 Å². The summed E-state index contributed by atoms with van der Waals surface area (Å²) in [5.41, 5.74) is 1.60. The lowest BCUT2D eigenvalue weighted by Crippen LogP contribution is -2.27. The summed E-state index contributed by atoms with van der Waals surface area (Å²) in [5.74, 6) is 0.00224. The zero-order valence-electron chi connectivity index (χ0n) is 15.1. The number of hydrogen-bond acceptors (Lipinski definition) is 5. The fourth-order valence-corrected chi connectivity index (χ4v) is 4.01. The third-order valence-corrected chi connectivity index (χ3v) is 5.49. The van der Waals surface area contributed by atoms with Crippen LogP contribution >= 0.6 is 11.8 Å². The van der Waals surface area contributed by atoms with Gasteiger partial charge >= 0.3 is 0 Å². The van der Waals surface area contributed by atoms with E-state index in [0.717, 1.165) is 28.1 Å². The molecule has 0 unspecified atom stereocenters. The molecule has 2 amide bonds. The van der Waals surface area contributed by atoms with Gasteiger partial charge in [0.1, 0.15) is 0 Å². The van der Waals surface area contributed by atoms with E-state index in [1.807, 2.05) is 42.5 Å². The molecule has 0 spiro atoms. The fraction of sp³-hybridized carbons (Fsp3) is 0.0909. The van der Waals surface area contributed by atoms with Gasteiger partial charge in [-0.05, 0) is 51.9 Å². The Hall–Kier alpha value is -3.25. The van der Waals surface area contributed by atoms with Gasteiger partial charge in [-0.3, -0.25) is 14.5 Å². The maximum atomic E-state index is 12.8. The molecule has 28 heavy (non-hydrogen) atoms. The predicted octanol–water partition coefficient (Wildman–Crippen LogP) is 4.79. The normalized spacial score (nSPS) is 15.6. The van der Waals surface area contributed by atoms with Crippen LogP contribution in [0.4, 0.5) is 4.79 Å². The average Bonchev–Trinajstić information content (AvgIpc) is 2.97. The molecule has 0 radical (unpaired) electrons. The van der Waals surface area contributed by atoms with Crippen molar-refractivity contribution >= 4 is 39.8 Å². The second-order valence-corrected chi connectivity index (χ2v) is 7.33. The highest BCUT2D eigenvalue weighted by molar-refractivity contribution is 8.18. The molecular formula is C22H17NO4S. The number of nitrogens with zero attached hydrogens (tertiary/aromatic N) is 1. The summed E-state index contributed by atoms with van der Waals surface area (Å²) in [6, 6.07) is 18.5. The third kappa shape index (κ3) is 3.34. The number of imide groups is 1. The Morgan fingerprint density at radius 2 is 1.86 bits per heavy atom. The molecule has 3 aromatic carbocycles. The van der Waals surface area contributed by atoms with E-state index in [1.165, 1.54) is 18.1 Å². The van der Waals surface area contributed by atoms with Gasteiger partial charge in [-0.25, -0.2) is 0 Å². The van der Waals surface area contributed by atoms with Crippen molar-refractivity contribution in [1.82, 2.24) is 4.90 Å². The van der Waals surface area contributed by atoms with Gasteiger partial charge in [-0.2, -0.15) is 0 Å². The Bertz CT molecular complexity index is 1120. The van der Waals surface area contributed by atoms with E-state index in [2.05, 4.69) is 0 Å². The van der Waals surface area contributed by atoms with Crippen LogP contribution in [0.25, 0.3) is 16.8 Å². The Balaban J connectivity index is 1.62. The second kappa shape index (κ2) is 7.40. The van der Waals surface area contributed by atoms with Gasteiger partial charge in [-0.1, -0.05) is 48.5 Å². The Kier molecular flexibility index (Phi) is 4.79. The first kappa shape index (κ1) is 18.1. The molecule has 140 valence electrons. The van der Waals surface area contributed by atoms with E-state index in [0.29, 0.717) is 16.2 Å². The average molecular weight is 391 g/mol. The quantitative estimate of drug-likeness (QED) is 0.648. The second-order valence-electron chi connectivity index (χ2n) is 6.34. The number of carbonyl (C=O) groups excluding carboxylic acids is 2. The number of carbonyl (C=O) groups is 2. The molecule has 1 saturated heterocycles. The van der Waals surface area contributed by atoms with Crippen LogP contribution in [0.1, 0.15) is 11.1 Å². The summed E-state index contributed by atoms with van der Waals surface area (Å²) >= 11 is 0.914. The largest absolute Gasteiger partial charge is 0.504 e. The van der Waals surface area contributed by atoms with Gasteiger partial charge in [0.15, 0.2) is 11.5 Å². The van der Waals surface area contributed by atoms with Crippen LogP contribution < -0.4 is 4.74 Å². The summed E-state index contributed by atoms with van der Waals surface area (Å²) < 4.78 is 5.09. The van der Waals surface area contributed by atoms with Crippen LogP contribution in [-0.4, -0.2) is 28.3 Å². The van der Waals surface area contributed by atoms with E-state index in [4.69, 9.17) is 4.74 Å². The van der Waals surface area contributed by atoms with Gasteiger partial charge in [0.25, 0.3) is 11.1 Å². The number of phenols is 1. The summed E-state index contributed by atoms with van der Waals surface area (Å²) in [6.45, 7) is 0.224. The van der Waals surface area contributed by atoms with Gasteiger partial charge in [0.2, 0.25) is 0 Å². The number of fused-ring (bicyclic) bond motifs is 1. The summed E-state index contributed by atoms with van der Waals surface area (Å²) in [5, 5.41) is 11.5. The minimum atomic E-state index is -0.324. The number of aromatic hydroxyl groups is 1. The van der Waals surface area contributed by atoms with Gasteiger partial charge in [-0.15, -0.1) is 0 Å². The molecule has 0 atom stereocenters. The van der Waals surface area contributed by atoms with Crippen molar-refractivity contribution in [3.63, 3.8) is 0 Å². The van der Waals surface area contributed by atoms with Gasteiger partial charge in [0.05, 0.1) is 18.6 Å². The smallest absolute Gasteiger partial charge is 0.293 e. The molecule has 1 aliphatic rings. The standard InChI is InChI=1S/C22H17NO4S/c1-27-19-11-14(9-10-18(19)24)12-20-21(25)23(22(26)28-20)13-16-7-4-6-15-5-2-3-8-17(15)16/h2-12,24H,13H2,1H3/b20-12+. The molecule has 0 aliphatic carbocycles. The van der Waals surface area contributed by atoms with Crippen molar-refractivity contribution in [2.45, 2.75) is 6.54 Å². The number of hydrogen-bond donors (Lipinski definition) is 1. The molecule has 0 aromatic heterocycles. The predicted molar refractivity (Wildman–Crippen MR) is 110 cm³/mol. The molecule has 3 aromatic rings. The van der Waals surface area contributed by atoms with Crippen LogP contribution in [0, 0.1) is 0 Å². The zero-order chi connectivity index (χ0) is 19.7. The van der Waals surface area contributed by atoms with E-state index in [9.17, 15) is 14.7 Å². The maximum Gasteiger partial charge on any atom is 0.293 e. The number of rotatable bonds is 4. The Morgan fingerprint density at radius 3 is 2.68 bits per heavy atom. The van der Waals surface area contributed by atoms with Gasteiger partial charge < -0.3 is 9.84 Å². The minimum Gasteiger partial charge on any atom is -0.504 e. The number of phenolic OH excluding ortho intramolecular Hbond substituents is 1. The molecule has 1 N–H and O–H groups in total. The highest BCUT2D eigenvalue weighted by Gasteiger charge is 2.35. The molecule has 1 heterocycles. The molecule has 1 aliphatic heterocycles. The molecule has 5 nitrogen and oxygen atoms in total. The van der Waals surface area contributed by atoms with Crippen LogP contribution in [0.3, 0.4) is 0 Å². The molecule has 0 bridgehead atoms. The summed E-state index contributed by atoms with van der Waals surface area (Å²) in [4.78, 5) is 26.9. The summed E-state index contributed by atoms with van der Waals surface area (Å²) in [7, 11) is 1.46. The van der Waals surface area contributed by atoms with E-state index < -0.39 is 0 Å². The van der Waals surface area contributed by atoms with Crippen molar-refractivity contribution in [2.24, 2.45) is 0 Å². The summed E-state index contributed by atoms with van der Waals surface area (Å²) in [6.07, 6.45) is 1.63.